The molecular weight excluding hydrogens is 270 g/mol. The van der Waals surface area contributed by atoms with E-state index in [1.807, 2.05) is 0 Å². The van der Waals surface area contributed by atoms with Gasteiger partial charge >= 0.3 is 0 Å². The molecule has 0 radical (unpaired) electrons. The summed E-state index contributed by atoms with van der Waals surface area (Å²) < 4.78 is 0. The number of carbonyl (C=O) groups excluding carboxylic acids is 1. The van der Waals surface area contributed by atoms with E-state index in [0.29, 0.717) is 36.5 Å². The molecule has 2 N–H and O–H groups in total. The van der Waals surface area contributed by atoms with Crippen LogP contribution < -0.4 is 5.56 Å². The van der Waals surface area contributed by atoms with Gasteiger partial charge in [-0.05, 0) is 39.5 Å². The van der Waals surface area contributed by atoms with Gasteiger partial charge in [-0.3, -0.25) is 9.59 Å². The first-order valence-corrected chi connectivity index (χ1v) is 7.37. The highest BCUT2D eigenvalue weighted by Crippen LogP contribution is 2.05. The maximum absolute atomic E-state index is 12.0. The maximum atomic E-state index is 12.0. The van der Waals surface area contributed by atoms with Gasteiger partial charge in [0.1, 0.15) is 5.82 Å². The van der Waals surface area contributed by atoms with Crippen LogP contribution in [-0.4, -0.2) is 46.1 Å². The smallest absolute Gasteiger partial charge is 0.254 e. The first kappa shape index (κ1) is 17.4. The summed E-state index contributed by atoms with van der Waals surface area (Å²) in [5, 5.41) is 8.70. The van der Waals surface area contributed by atoms with Gasteiger partial charge in [0.15, 0.2) is 0 Å². The number of hydrogen-bond donors (Lipinski definition) is 2. The van der Waals surface area contributed by atoms with E-state index in [1.54, 1.807) is 25.8 Å². The summed E-state index contributed by atoms with van der Waals surface area (Å²) in [6.07, 6.45) is 3.29. The molecule has 1 rings (SSSR count). The molecule has 1 amide bonds. The van der Waals surface area contributed by atoms with Crippen molar-refractivity contribution in [3.8, 4) is 0 Å². The Balaban J connectivity index is 2.48. The topological polar surface area (TPSA) is 86.3 Å². The fourth-order valence-corrected chi connectivity index (χ4v) is 2.23. The van der Waals surface area contributed by atoms with Gasteiger partial charge < -0.3 is 15.0 Å². The molecule has 0 saturated carbocycles. The molecule has 0 aromatic carbocycles. The molecule has 0 bridgehead atoms. The number of aromatic amines is 1. The first-order valence-electron chi connectivity index (χ1n) is 7.37. The highest BCUT2D eigenvalue weighted by molar-refractivity contribution is 5.76. The van der Waals surface area contributed by atoms with E-state index in [9.17, 15) is 9.59 Å². The van der Waals surface area contributed by atoms with Crippen molar-refractivity contribution in [1.82, 2.24) is 14.9 Å². The van der Waals surface area contributed by atoms with Crippen LogP contribution in [-0.2, 0) is 11.2 Å². The highest BCUT2D eigenvalue weighted by Gasteiger charge is 2.12. The summed E-state index contributed by atoms with van der Waals surface area (Å²) in [4.78, 5) is 32.4. The third kappa shape index (κ3) is 5.67. The SMILES string of the molecule is Cc1nc(C)c(CCC(=O)N(C)CCCCCO)c(=O)[nH]1. The zero-order valence-electron chi connectivity index (χ0n) is 13.1. The van der Waals surface area contributed by atoms with Crippen molar-refractivity contribution in [3.63, 3.8) is 0 Å². The molecule has 1 aromatic heterocycles. The van der Waals surface area contributed by atoms with Gasteiger partial charge in [-0.25, -0.2) is 4.98 Å². The zero-order chi connectivity index (χ0) is 15.8. The molecule has 1 heterocycles. The molecule has 118 valence electrons. The average molecular weight is 295 g/mol. The molecule has 0 aliphatic rings. The summed E-state index contributed by atoms with van der Waals surface area (Å²) >= 11 is 0. The van der Waals surface area contributed by atoms with Gasteiger partial charge in [0.05, 0.1) is 0 Å². The van der Waals surface area contributed by atoms with Crippen LogP contribution in [0.2, 0.25) is 0 Å². The van der Waals surface area contributed by atoms with E-state index in [1.165, 1.54) is 0 Å². The van der Waals surface area contributed by atoms with Crippen molar-refractivity contribution in [1.29, 1.82) is 0 Å². The van der Waals surface area contributed by atoms with Gasteiger partial charge in [-0.1, -0.05) is 0 Å². The van der Waals surface area contributed by atoms with E-state index in [0.717, 1.165) is 19.3 Å². The Hall–Kier alpha value is -1.69. The van der Waals surface area contributed by atoms with Crippen molar-refractivity contribution in [2.45, 2.75) is 46.0 Å². The van der Waals surface area contributed by atoms with Crippen molar-refractivity contribution in [2.24, 2.45) is 0 Å². The quantitative estimate of drug-likeness (QED) is 0.699. The monoisotopic (exact) mass is 295 g/mol. The molecule has 0 aliphatic heterocycles. The Labute approximate surface area is 125 Å². The lowest BCUT2D eigenvalue weighted by molar-refractivity contribution is -0.129. The number of H-pyrrole nitrogens is 1. The van der Waals surface area contributed by atoms with Crippen LogP contribution in [0, 0.1) is 13.8 Å². The third-order valence-electron chi connectivity index (χ3n) is 3.51. The molecule has 0 fully saturated rings. The lowest BCUT2D eigenvalue weighted by atomic mass is 10.1. The van der Waals surface area contributed by atoms with Gasteiger partial charge in [-0.15, -0.1) is 0 Å². The van der Waals surface area contributed by atoms with E-state index in [2.05, 4.69) is 9.97 Å². The summed E-state index contributed by atoms with van der Waals surface area (Å²) in [5.74, 6) is 0.618. The molecule has 6 heteroatoms. The number of nitrogens with zero attached hydrogens (tertiary/aromatic N) is 2. The molecular formula is C15H25N3O3. The minimum absolute atomic E-state index is 0.0263. The number of aliphatic hydroxyl groups is 1. The number of aromatic nitrogens is 2. The molecule has 0 unspecified atom stereocenters. The predicted molar refractivity (Wildman–Crippen MR) is 81.2 cm³/mol. The minimum atomic E-state index is -0.154. The molecule has 0 atom stereocenters. The fourth-order valence-electron chi connectivity index (χ4n) is 2.23. The van der Waals surface area contributed by atoms with Crippen LogP contribution in [0.3, 0.4) is 0 Å². The Morgan fingerprint density at radius 2 is 2.00 bits per heavy atom. The number of aryl methyl sites for hydroxylation is 2. The molecule has 21 heavy (non-hydrogen) atoms. The van der Waals surface area contributed by atoms with Crippen molar-refractivity contribution in [3.05, 3.63) is 27.4 Å². The summed E-state index contributed by atoms with van der Waals surface area (Å²) in [7, 11) is 1.77. The average Bonchev–Trinajstić information content (AvgIpc) is 2.41. The number of hydrogen-bond acceptors (Lipinski definition) is 4. The number of amides is 1. The Kier molecular flexibility index (Phi) is 7.08. The van der Waals surface area contributed by atoms with E-state index < -0.39 is 0 Å². The van der Waals surface area contributed by atoms with Crippen LogP contribution >= 0.6 is 0 Å². The van der Waals surface area contributed by atoms with Crippen LogP contribution in [0.25, 0.3) is 0 Å². The predicted octanol–water partition coefficient (Wildman–Crippen LogP) is 0.940. The standard InChI is InChI=1S/C15H25N3O3/c1-11-13(15(21)17-12(2)16-11)7-8-14(20)18(3)9-5-4-6-10-19/h19H,4-10H2,1-3H3,(H,16,17,21). The second kappa shape index (κ2) is 8.56. The van der Waals surface area contributed by atoms with Gasteiger partial charge in [0.2, 0.25) is 5.91 Å². The van der Waals surface area contributed by atoms with Gasteiger partial charge in [-0.2, -0.15) is 0 Å². The third-order valence-corrected chi connectivity index (χ3v) is 3.51. The molecule has 1 aromatic rings. The van der Waals surface area contributed by atoms with E-state index in [-0.39, 0.29) is 18.1 Å². The lowest BCUT2D eigenvalue weighted by Gasteiger charge is -2.17. The number of aliphatic hydroxyl groups excluding tert-OH is 1. The van der Waals surface area contributed by atoms with E-state index in [4.69, 9.17) is 5.11 Å². The number of nitrogens with one attached hydrogen (secondary N) is 1. The maximum Gasteiger partial charge on any atom is 0.254 e. The number of rotatable bonds is 8. The van der Waals surface area contributed by atoms with Gasteiger partial charge in [0, 0.05) is 37.9 Å². The second-order valence-electron chi connectivity index (χ2n) is 5.31. The minimum Gasteiger partial charge on any atom is -0.396 e. The van der Waals surface area contributed by atoms with E-state index >= 15 is 0 Å². The summed E-state index contributed by atoms with van der Waals surface area (Å²) in [5.41, 5.74) is 1.12. The largest absolute Gasteiger partial charge is 0.396 e. The summed E-state index contributed by atoms with van der Waals surface area (Å²) in [6, 6.07) is 0. The molecule has 0 aliphatic carbocycles. The molecule has 0 spiro atoms. The normalized spacial score (nSPS) is 10.7. The highest BCUT2D eigenvalue weighted by atomic mass is 16.3. The van der Waals surface area contributed by atoms with Crippen molar-refractivity contribution < 1.29 is 9.90 Å². The Bertz CT molecular complexity index is 525. The molecule has 0 saturated heterocycles. The number of unbranched alkanes of at least 4 members (excludes halogenated alkanes) is 2. The lowest BCUT2D eigenvalue weighted by Crippen LogP contribution is -2.29. The number of carbonyl (C=O) groups is 1. The Morgan fingerprint density at radius 1 is 1.29 bits per heavy atom. The van der Waals surface area contributed by atoms with Crippen LogP contribution in [0.15, 0.2) is 4.79 Å². The fraction of sp³-hybridized carbons (Fsp3) is 0.667. The second-order valence-corrected chi connectivity index (χ2v) is 5.31. The van der Waals surface area contributed by atoms with Crippen LogP contribution in [0.5, 0.6) is 0 Å². The van der Waals surface area contributed by atoms with Crippen LogP contribution in [0.4, 0.5) is 0 Å². The zero-order valence-corrected chi connectivity index (χ0v) is 13.1. The van der Waals surface area contributed by atoms with Crippen LogP contribution in [0.1, 0.15) is 42.8 Å². The Morgan fingerprint density at radius 3 is 2.62 bits per heavy atom. The molecule has 6 nitrogen and oxygen atoms in total. The van der Waals surface area contributed by atoms with Gasteiger partial charge in [0.25, 0.3) is 5.56 Å². The summed E-state index contributed by atoms with van der Waals surface area (Å²) in [6.45, 7) is 4.41. The van der Waals surface area contributed by atoms with Crippen molar-refractivity contribution >= 4 is 5.91 Å². The van der Waals surface area contributed by atoms with Crippen molar-refractivity contribution in [2.75, 3.05) is 20.2 Å². The first-order chi connectivity index (χ1) is 9.95.